The fraction of sp³-hybridized carbons (Fsp3) is 0.967. The lowest BCUT2D eigenvalue weighted by Crippen LogP contribution is -2.53. The summed E-state index contributed by atoms with van der Waals surface area (Å²) in [7, 11) is 0. The molecule has 3 N–H and O–H groups in total. The van der Waals surface area contributed by atoms with Gasteiger partial charge in [-0.05, 0) is 63.0 Å². The van der Waals surface area contributed by atoms with E-state index in [4.69, 9.17) is 0 Å². The molecule has 1 fully saturated rings. The quantitative estimate of drug-likeness (QED) is 0.142. The van der Waals surface area contributed by atoms with Crippen LogP contribution in [0, 0.1) is 17.8 Å². The maximum Gasteiger partial charge on any atom is 0.315 e. The summed E-state index contributed by atoms with van der Waals surface area (Å²) in [6, 6.07) is 0.0246. The fourth-order valence-corrected chi connectivity index (χ4v) is 5.28. The maximum absolute atomic E-state index is 12.2. The van der Waals surface area contributed by atoms with Crippen LogP contribution in [0.2, 0.25) is 0 Å². The first-order valence-corrected chi connectivity index (χ1v) is 16.3. The number of nitrogens with one attached hydrogen (secondary N) is 3. The van der Waals surface area contributed by atoms with Gasteiger partial charge < -0.3 is 10.6 Å². The van der Waals surface area contributed by atoms with Crippen LogP contribution in [-0.2, 0) is 0 Å². The number of unbranched alkanes of at least 4 members (excludes halogenated alkanes) is 9. The van der Waals surface area contributed by atoms with Crippen LogP contribution in [0.4, 0.5) is 4.79 Å². The Morgan fingerprint density at radius 3 is 1.66 bits per heavy atom. The molecule has 1 aliphatic rings. The van der Waals surface area contributed by atoms with Gasteiger partial charge in [-0.1, -0.05) is 118 Å². The molecule has 0 spiro atoms. The Morgan fingerprint density at radius 2 is 1.26 bits per heavy atom. The SMILES string of the molecule is CC.CCC(C)C.CSNCCCCCCCCCCCCNC(=O)NC1(C)CC(C)CC(C)C1. The summed E-state index contributed by atoms with van der Waals surface area (Å²) >= 11 is 1.72. The Hall–Kier alpha value is -0.420. The van der Waals surface area contributed by atoms with Crippen LogP contribution in [0.3, 0.4) is 0 Å². The normalized spacial score (nSPS) is 21.4. The van der Waals surface area contributed by atoms with Crippen molar-refractivity contribution in [2.45, 2.75) is 151 Å². The molecule has 1 aliphatic carbocycles. The second-order valence-corrected chi connectivity index (χ2v) is 11.9. The molecule has 35 heavy (non-hydrogen) atoms. The van der Waals surface area contributed by atoms with Crippen molar-refractivity contribution in [2.75, 3.05) is 19.3 Å². The summed E-state index contributed by atoms with van der Waals surface area (Å²) in [5, 5.41) is 6.32. The van der Waals surface area contributed by atoms with Crippen molar-refractivity contribution in [3.8, 4) is 0 Å². The molecule has 0 heterocycles. The Bertz CT molecular complexity index is 449. The molecule has 1 rings (SSSR count). The van der Waals surface area contributed by atoms with Crippen LogP contribution in [0.25, 0.3) is 0 Å². The smallest absolute Gasteiger partial charge is 0.315 e. The number of urea groups is 1. The number of carbonyl (C=O) groups is 1. The zero-order valence-electron chi connectivity index (χ0n) is 25.4. The van der Waals surface area contributed by atoms with Crippen molar-refractivity contribution in [3.05, 3.63) is 0 Å². The molecule has 0 bridgehead atoms. The summed E-state index contributed by atoms with van der Waals surface area (Å²) in [5.41, 5.74) is -0.0351. The lowest BCUT2D eigenvalue weighted by atomic mass is 9.73. The zero-order valence-corrected chi connectivity index (χ0v) is 26.2. The minimum absolute atomic E-state index is 0.0246. The third kappa shape index (κ3) is 25.0. The third-order valence-electron chi connectivity index (χ3n) is 6.77. The number of carbonyl (C=O) groups excluding carboxylic acids is 1. The topological polar surface area (TPSA) is 53.2 Å². The van der Waals surface area contributed by atoms with Gasteiger partial charge in [0.05, 0.1) is 0 Å². The molecule has 0 saturated heterocycles. The average molecular weight is 516 g/mol. The molecule has 0 aromatic rings. The number of rotatable bonds is 16. The van der Waals surface area contributed by atoms with E-state index in [9.17, 15) is 4.79 Å². The van der Waals surface area contributed by atoms with Gasteiger partial charge in [-0.2, -0.15) is 0 Å². The Balaban J connectivity index is 0. The van der Waals surface area contributed by atoms with Crippen molar-refractivity contribution in [1.82, 2.24) is 15.4 Å². The second kappa shape index (κ2) is 25.2. The first kappa shape index (κ1) is 36.7. The molecular formula is C30H65N3OS. The van der Waals surface area contributed by atoms with E-state index in [1.165, 1.54) is 70.6 Å². The first-order valence-electron chi connectivity index (χ1n) is 15.0. The number of hydrogen-bond acceptors (Lipinski definition) is 3. The van der Waals surface area contributed by atoms with Crippen molar-refractivity contribution < 1.29 is 4.79 Å². The molecule has 0 aromatic carbocycles. The predicted molar refractivity (Wildman–Crippen MR) is 161 cm³/mol. The van der Waals surface area contributed by atoms with Gasteiger partial charge >= 0.3 is 6.03 Å². The first-order chi connectivity index (χ1) is 16.7. The largest absolute Gasteiger partial charge is 0.338 e. The molecule has 0 aliphatic heterocycles. The van der Waals surface area contributed by atoms with Gasteiger partial charge in [-0.25, -0.2) is 4.79 Å². The highest BCUT2D eigenvalue weighted by Crippen LogP contribution is 2.35. The van der Waals surface area contributed by atoms with Crippen LogP contribution in [-0.4, -0.2) is 30.9 Å². The van der Waals surface area contributed by atoms with Gasteiger partial charge in [0.15, 0.2) is 0 Å². The van der Waals surface area contributed by atoms with Crippen LogP contribution in [0.1, 0.15) is 145 Å². The molecule has 1 saturated carbocycles. The van der Waals surface area contributed by atoms with Gasteiger partial charge in [-0.15, -0.1) is 0 Å². The lowest BCUT2D eigenvalue weighted by molar-refractivity contribution is 0.159. The number of hydrogen-bond donors (Lipinski definition) is 3. The van der Waals surface area contributed by atoms with E-state index in [0.29, 0.717) is 11.8 Å². The van der Waals surface area contributed by atoms with E-state index in [1.807, 2.05) is 13.8 Å². The van der Waals surface area contributed by atoms with E-state index in [1.54, 1.807) is 11.9 Å². The highest BCUT2D eigenvalue weighted by atomic mass is 32.2. The summed E-state index contributed by atoms with van der Waals surface area (Å²) in [6.07, 6.45) is 20.0. The van der Waals surface area contributed by atoms with Crippen molar-refractivity contribution in [3.63, 3.8) is 0 Å². The maximum atomic E-state index is 12.2. The standard InChI is InChI=1S/C23H47N3OS.C5H12.C2H6/c1-20-17-21(2)19-23(3,18-20)26-22(27)24-15-13-11-9-7-5-6-8-10-12-14-16-25-28-4;1-4-5(2)3;1-2/h20-21,25H,5-19H2,1-4H3,(H2,24,26,27);5H,4H2,1-3H3;1-2H3. The van der Waals surface area contributed by atoms with Crippen molar-refractivity contribution in [2.24, 2.45) is 17.8 Å². The molecule has 212 valence electrons. The highest BCUT2D eigenvalue weighted by molar-refractivity contribution is 7.96. The number of amides is 2. The minimum atomic E-state index is -0.0351. The van der Waals surface area contributed by atoms with E-state index < -0.39 is 0 Å². The van der Waals surface area contributed by atoms with E-state index in [0.717, 1.165) is 38.3 Å². The predicted octanol–water partition coefficient (Wildman–Crippen LogP) is 9.35. The van der Waals surface area contributed by atoms with Crippen LogP contribution in [0.5, 0.6) is 0 Å². The van der Waals surface area contributed by atoms with E-state index >= 15 is 0 Å². The van der Waals surface area contributed by atoms with Gasteiger partial charge in [0.1, 0.15) is 0 Å². The molecular weight excluding hydrogens is 450 g/mol. The van der Waals surface area contributed by atoms with Gasteiger partial charge in [0.2, 0.25) is 0 Å². The average Bonchev–Trinajstić information content (AvgIpc) is 2.79. The second-order valence-electron chi connectivity index (χ2n) is 11.2. The van der Waals surface area contributed by atoms with Crippen LogP contribution >= 0.6 is 11.9 Å². The molecule has 5 heteroatoms. The zero-order chi connectivity index (χ0) is 27.0. The van der Waals surface area contributed by atoms with E-state index in [-0.39, 0.29) is 11.6 Å². The minimum Gasteiger partial charge on any atom is -0.338 e. The van der Waals surface area contributed by atoms with Crippen molar-refractivity contribution >= 4 is 18.0 Å². The summed E-state index contributed by atoms with van der Waals surface area (Å²) in [4.78, 5) is 12.2. The Morgan fingerprint density at radius 1 is 0.857 bits per heavy atom. The van der Waals surface area contributed by atoms with Gasteiger partial charge in [-0.3, -0.25) is 4.72 Å². The Kier molecular flexibility index (Phi) is 26.5. The molecule has 0 aromatic heterocycles. The highest BCUT2D eigenvalue weighted by Gasteiger charge is 2.34. The Labute approximate surface area is 225 Å². The van der Waals surface area contributed by atoms with Crippen LogP contribution < -0.4 is 15.4 Å². The summed E-state index contributed by atoms with van der Waals surface area (Å²) < 4.78 is 3.30. The summed E-state index contributed by atoms with van der Waals surface area (Å²) in [6.45, 7) is 19.4. The molecule has 2 unspecified atom stereocenters. The molecule has 2 atom stereocenters. The molecule has 0 radical (unpaired) electrons. The summed E-state index contributed by atoms with van der Waals surface area (Å²) in [5.74, 6) is 2.28. The van der Waals surface area contributed by atoms with Crippen molar-refractivity contribution in [1.29, 1.82) is 0 Å². The lowest BCUT2D eigenvalue weighted by Gasteiger charge is -2.40. The van der Waals surface area contributed by atoms with E-state index in [2.05, 4.69) is 63.2 Å². The monoisotopic (exact) mass is 515 g/mol. The molecule has 4 nitrogen and oxygen atoms in total. The van der Waals surface area contributed by atoms with Gasteiger partial charge in [0, 0.05) is 18.6 Å². The fourth-order valence-electron chi connectivity index (χ4n) is 4.94. The molecule has 2 amide bonds. The van der Waals surface area contributed by atoms with Gasteiger partial charge in [0.25, 0.3) is 0 Å². The third-order valence-corrected chi connectivity index (χ3v) is 7.26. The van der Waals surface area contributed by atoms with Crippen LogP contribution in [0.15, 0.2) is 0 Å².